The van der Waals surface area contributed by atoms with E-state index in [1.807, 2.05) is 0 Å². The Morgan fingerprint density at radius 2 is 1.65 bits per heavy atom. The number of amides is 3. The van der Waals surface area contributed by atoms with Crippen LogP contribution >= 0.6 is 0 Å². The second-order valence-corrected chi connectivity index (χ2v) is 4.09. The van der Waals surface area contributed by atoms with E-state index in [1.54, 1.807) is 0 Å². The summed E-state index contributed by atoms with van der Waals surface area (Å²) in [7, 11) is 1.42. The van der Waals surface area contributed by atoms with Crippen LogP contribution in [0.15, 0.2) is 18.2 Å². The first-order chi connectivity index (χ1) is 9.33. The number of anilines is 1. The van der Waals surface area contributed by atoms with Crippen LogP contribution in [0.4, 0.5) is 5.69 Å². The summed E-state index contributed by atoms with van der Waals surface area (Å²) in [6.07, 6.45) is 0. The SMILES string of the molecule is COc1cc(N)cc(C(=O)N(CC(N)=O)CC(N)=O)c1. The van der Waals surface area contributed by atoms with E-state index in [-0.39, 0.29) is 5.56 Å². The number of hydrogen-bond acceptors (Lipinski definition) is 5. The molecule has 0 saturated carbocycles. The standard InChI is InChI=1S/C12H16N4O4/c1-20-9-3-7(2-8(13)4-9)12(19)16(5-10(14)17)6-11(15)18/h2-4H,5-6,13H2,1H3,(H2,14,17)(H2,15,18). The molecule has 0 unspecified atom stereocenters. The van der Waals surface area contributed by atoms with Gasteiger partial charge in [-0.05, 0) is 12.1 Å². The monoisotopic (exact) mass is 280 g/mol. The van der Waals surface area contributed by atoms with Crippen LogP contribution in [0, 0.1) is 0 Å². The Bertz CT molecular complexity index is 528. The van der Waals surface area contributed by atoms with Gasteiger partial charge in [0.05, 0.1) is 7.11 Å². The summed E-state index contributed by atoms with van der Waals surface area (Å²) in [5.74, 6) is -1.72. The van der Waals surface area contributed by atoms with Crippen LogP contribution in [0.2, 0.25) is 0 Å². The highest BCUT2D eigenvalue weighted by Gasteiger charge is 2.20. The number of ether oxygens (including phenoxy) is 1. The van der Waals surface area contributed by atoms with Crippen LogP contribution in [0.1, 0.15) is 10.4 Å². The Morgan fingerprint density at radius 1 is 1.10 bits per heavy atom. The van der Waals surface area contributed by atoms with Crippen molar-refractivity contribution in [2.75, 3.05) is 25.9 Å². The molecular weight excluding hydrogens is 264 g/mol. The molecule has 0 heterocycles. The zero-order valence-corrected chi connectivity index (χ0v) is 11.0. The fraction of sp³-hybridized carbons (Fsp3) is 0.250. The molecule has 0 saturated heterocycles. The average Bonchev–Trinajstić information content (AvgIpc) is 2.35. The van der Waals surface area contributed by atoms with Crippen molar-refractivity contribution in [1.29, 1.82) is 0 Å². The molecule has 8 heteroatoms. The fourth-order valence-corrected chi connectivity index (χ4v) is 1.62. The van der Waals surface area contributed by atoms with Gasteiger partial charge in [0.1, 0.15) is 18.8 Å². The predicted molar refractivity (Wildman–Crippen MR) is 71.7 cm³/mol. The van der Waals surface area contributed by atoms with Crippen molar-refractivity contribution in [2.45, 2.75) is 0 Å². The maximum Gasteiger partial charge on any atom is 0.255 e. The Hall–Kier alpha value is -2.77. The lowest BCUT2D eigenvalue weighted by molar-refractivity contribution is -0.121. The molecule has 1 aromatic rings. The van der Waals surface area contributed by atoms with Gasteiger partial charge in [-0.3, -0.25) is 14.4 Å². The van der Waals surface area contributed by atoms with Gasteiger partial charge in [0, 0.05) is 17.3 Å². The second kappa shape index (κ2) is 6.41. The fourth-order valence-electron chi connectivity index (χ4n) is 1.62. The van der Waals surface area contributed by atoms with Crippen molar-refractivity contribution >= 4 is 23.4 Å². The molecule has 0 fully saturated rings. The first-order valence-electron chi connectivity index (χ1n) is 5.64. The van der Waals surface area contributed by atoms with E-state index in [1.165, 1.54) is 25.3 Å². The average molecular weight is 280 g/mol. The van der Waals surface area contributed by atoms with Crippen LogP contribution in [-0.2, 0) is 9.59 Å². The van der Waals surface area contributed by atoms with E-state index < -0.39 is 30.8 Å². The van der Waals surface area contributed by atoms with Crippen LogP contribution in [0.3, 0.4) is 0 Å². The topological polar surface area (TPSA) is 142 Å². The van der Waals surface area contributed by atoms with Crippen molar-refractivity contribution in [2.24, 2.45) is 11.5 Å². The minimum atomic E-state index is -0.754. The number of methoxy groups -OCH3 is 1. The summed E-state index contributed by atoms with van der Waals surface area (Å²) in [6, 6.07) is 4.37. The first-order valence-corrected chi connectivity index (χ1v) is 5.64. The minimum absolute atomic E-state index is 0.171. The summed E-state index contributed by atoms with van der Waals surface area (Å²) in [5.41, 5.74) is 16.2. The van der Waals surface area contributed by atoms with Crippen LogP contribution < -0.4 is 21.9 Å². The van der Waals surface area contributed by atoms with Gasteiger partial charge in [-0.2, -0.15) is 0 Å². The number of benzene rings is 1. The highest BCUT2D eigenvalue weighted by atomic mass is 16.5. The quantitative estimate of drug-likeness (QED) is 0.554. The molecule has 3 amide bonds. The van der Waals surface area contributed by atoms with E-state index in [4.69, 9.17) is 21.9 Å². The third kappa shape index (κ3) is 4.16. The Morgan fingerprint density at radius 3 is 2.10 bits per heavy atom. The molecule has 0 aliphatic heterocycles. The number of rotatable bonds is 6. The molecule has 20 heavy (non-hydrogen) atoms. The van der Waals surface area contributed by atoms with Gasteiger partial charge in [0.15, 0.2) is 0 Å². The van der Waals surface area contributed by atoms with Gasteiger partial charge in [0.25, 0.3) is 5.91 Å². The maximum absolute atomic E-state index is 12.2. The van der Waals surface area contributed by atoms with Gasteiger partial charge in [-0.15, -0.1) is 0 Å². The molecule has 0 aliphatic carbocycles. The number of primary amides is 2. The summed E-state index contributed by atoms with van der Waals surface area (Å²) in [4.78, 5) is 35.1. The van der Waals surface area contributed by atoms with Crippen LogP contribution in [-0.4, -0.2) is 42.8 Å². The Balaban J connectivity index is 3.07. The largest absolute Gasteiger partial charge is 0.497 e. The van der Waals surface area contributed by atoms with Gasteiger partial charge >= 0.3 is 0 Å². The molecule has 0 aromatic heterocycles. The van der Waals surface area contributed by atoms with Gasteiger partial charge in [0.2, 0.25) is 11.8 Å². The lowest BCUT2D eigenvalue weighted by atomic mass is 10.1. The zero-order chi connectivity index (χ0) is 15.3. The molecule has 0 spiro atoms. The summed E-state index contributed by atoms with van der Waals surface area (Å²) >= 11 is 0. The van der Waals surface area contributed by atoms with E-state index in [0.717, 1.165) is 4.90 Å². The third-order valence-corrected chi connectivity index (χ3v) is 2.39. The van der Waals surface area contributed by atoms with E-state index in [0.29, 0.717) is 11.4 Å². The van der Waals surface area contributed by atoms with E-state index >= 15 is 0 Å². The van der Waals surface area contributed by atoms with Crippen molar-refractivity contribution in [3.05, 3.63) is 23.8 Å². The number of nitrogens with zero attached hydrogens (tertiary/aromatic N) is 1. The molecule has 1 aromatic carbocycles. The Labute approximate surface area is 115 Å². The van der Waals surface area contributed by atoms with Crippen molar-refractivity contribution in [3.63, 3.8) is 0 Å². The Kier molecular flexibility index (Phi) is 4.90. The number of nitrogen functional groups attached to an aromatic ring is 1. The van der Waals surface area contributed by atoms with Gasteiger partial charge in [-0.1, -0.05) is 0 Å². The van der Waals surface area contributed by atoms with E-state index in [9.17, 15) is 14.4 Å². The highest BCUT2D eigenvalue weighted by molar-refractivity contribution is 5.99. The van der Waals surface area contributed by atoms with Crippen molar-refractivity contribution in [3.8, 4) is 5.75 Å². The molecular formula is C12H16N4O4. The van der Waals surface area contributed by atoms with Gasteiger partial charge < -0.3 is 26.8 Å². The molecule has 6 N–H and O–H groups in total. The summed E-state index contributed by atoms with van der Waals surface area (Å²) in [6.45, 7) is -0.836. The lowest BCUT2D eigenvalue weighted by Crippen LogP contribution is -2.43. The van der Waals surface area contributed by atoms with Gasteiger partial charge in [-0.25, -0.2) is 0 Å². The third-order valence-electron chi connectivity index (χ3n) is 2.39. The number of hydrogen-bond donors (Lipinski definition) is 3. The molecule has 8 nitrogen and oxygen atoms in total. The normalized spacial score (nSPS) is 9.85. The number of carbonyl (C=O) groups excluding carboxylic acids is 3. The minimum Gasteiger partial charge on any atom is -0.497 e. The smallest absolute Gasteiger partial charge is 0.255 e. The molecule has 1 rings (SSSR count). The zero-order valence-electron chi connectivity index (χ0n) is 11.0. The maximum atomic E-state index is 12.2. The molecule has 0 radical (unpaired) electrons. The summed E-state index contributed by atoms with van der Waals surface area (Å²) in [5, 5.41) is 0. The first kappa shape index (κ1) is 15.3. The molecule has 0 aliphatic rings. The van der Waals surface area contributed by atoms with Crippen LogP contribution in [0.25, 0.3) is 0 Å². The second-order valence-electron chi connectivity index (χ2n) is 4.09. The number of carbonyl (C=O) groups is 3. The van der Waals surface area contributed by atoms with Crippen molar-refractivity contribution < 1.29 is 19.1 Å². The van der Waals surface area contributed by atoms with E-state index in [2.05, 4.69) is 0 Å². The number of nitrogens with two attached hydrogens (primary N) is 3. The highest BCUT2D eigenvalue weighted by Crippen LogP contribution is 2.19. The predicted octanol–water partition coefficient (Wildman–Crippen LogP) is -1.31. The molecule has 0 bridgehead atoms. The van der Waals surface area contributed by atoms with Crippen molar-refractivity contribution in [1.82, 2.24) is 4.90 Å². The molecule has 0 atom stereocenters. The summed E-state index contributed by atoms with van der Waals surface area (Å²) < 4.78 is 4.99. The van der Waals surface area contributed by atoms with Crippen LogP contribution in [0.5, 0.6) is 5.75 Å². The lowest BCUT2D eigenvalue weighted by Gasteiger charge is -2.20. The molecule has 108 valence electrons.